The summed E-state index contributed by atoms with van der Waals surface area (Å²) in [4.78, 5) is 2.58. The topological polar surface area (TPSA) is 15.3 Å². The molecule has 0 spiro atoms. The third-order valence-corrected chi connectivity index (χ3v) is 5.30. The van der Waals surface area contributed by atoms with Crippen molar-refractivity contribution in [2.45, 2.75) is 58.7 Å². The predicted molar refractivity (Wildman–Crippen MR) is 86.8 cm³/mol. The Bertz CT molecular complexity index is 445. The molecule has 1 aromatic carbocycles. The van der Waals surface area contributed by atoms with Crippen molar-refractivity contribution in [1.82, 2.24) is 10.2 Å². The molecule has 0 bridgehead atoms. The quantitative estimate of drug-likeness (QED) is 0.887. The average Bonchev–Trinajstić information content (AvgIpc) is 2.51. The molecule has 0 aromatic heterocycles. The fraction of sp³-hybridized carbons (Fsp3) is 0.667. The summed E-state index contributed by atoms with van der Waals surface area (Å²) in [6, 6.07) is 7.49. The summed E-state index contributed by atoms with van der Waals surface area (Å²) in [7, 11) is 0. The van der Waals surface area contributed by atoms with Gasteiger partial charge in [0.2, 0.25) is 0 Å². The molecule has 1 fully saturated rings. The first kappa shape index (κ1) is 16.4. The molecule has 1 N–H and O–H groups in total. The number of nitrogens with one attached hydrogen (secondary N) is 1. The first-order valence-corrected chi connectivity index (χ1v) is 8.21. The lowest BCUT2D eigenvalue weighted by atomic mass is 9.87. The molecule has 3 unspecified atom stereocenters. The monoisotopic (exact) mass is 292 g/mol. The Hall–Kier alpha value is -0.930. The van der Waals surface area contributed by atoms with Crippen molar-refractivity contribution in [2.24, 2.45) is 5.92 Å². The normalized spacial score (nSPS) is 28.5. The van der Waals surface area contributed by atoms with Gasteiger partial charge in [0.15, 0.2) is 0 Å². The van der Waals surface area contributed by atoms with Crippen molar-refractivity contribution in [3.05, 3.63) is 35.6 Å². The SMILES string of the molecule is CCC(C)C1CN(Cc2ccc(F)cc2)C(C)(CC)CN1. The van der Waals surface area contributed by atoms with E-state index >= 15 is 0 Å². The maximum absolute atomic E-state index is 13.1. The summed E-state index contributed by atoms with van der Waals surface area (Å²) in [6.07, 6.45) is 2.32. The molecule has 2 nitrogen and oxygen atoms in total. The molecule has 1 heterocycles. The fourth-order valence-electron chi connectivity index (χ4n) is 3.07. The van der Waals surface area contributed by atoms with Gasteiger partial charge in [-0.25, -0.2) is 4.39 Å². The van der Waals surface area contributed by atoms with Crippen LogP contribution in [0, 0.1) is 11.7 Å². The second-order valence-electron chi connectivity index (χ2n) is 6.73. The second kappa shape index (κ2) is 6.89. The van der Waals surface area contributed by atoms with Crippen molar-refractivity contribution < 1.29 is 4.39 Å². The molecule has 118 valence electrons. The molecule has 0 saturated carbocycles. The first-order valence-electron chi connectivity index (χ1n) is 8.21. The first-order chi connectivity index (χ1) is 9.98. The van der Waals surface area contributed by atoms with Crippen LogP contribution in [-0.2, 0) is 6.54 Å². The van der Waals surface area contributed by atoms with Gasteiger partial charge in [0.25, 0.3) is 0 Å². The highest BCUT2D eigenvalue weighted by atomic mass is 19.1. The molecular formula is C18H29FN2. The van der Waals surface area contributed by atoms with E-state index in [1.165, 1.54) is 12.0 Å². The largest absolute Gasteiger partial charge is 0.311 e. The molecule has 0 radical (unpaired) electrons. The number of piperazine rings is 1. The zero-order valence-corrected chi connectivity index (χ0v) is 13.8. The van der Waals surface area contributed by atoms with Gasteiger partial charge in [-0.15, -0.1) is 0 Å². The van der Waals surface area contributed by atoms with Crippen LogP contribution in [0.15, 0.2) is 24.3 Å². The summed E-state index contributed by atoms with van der Waals surface area (Å²) in [5, 5.41) is 3.73. The summed E-state index contributed by atoms with van der Waals surface area (Å²) < 4.78 is 13.1. The van der Waals surface area contributed by atoms with Crippen LogP contribution in [0.3, 0.4) is 0 Å². The Morgan fingerprint density at radius 2 is 2.00 bits per heavy atom. The van der Waals surface area contributed by atoms with Gasteiger partial charge in [0.1, 0.15) is 5.82 Å². The minimum atomic E-state index is -0.158. The van der Waals surface area contributed by atoms with Crippen LogP contribution in [-0.4, -0.2) is 29.6 Å². The van der Waals surface area contributed by atoms with E-state index in [9.17, 15) is 4.39 Å². The van der Waals surface area contributed by atoms with E-state index in [0.29, 0.717) is 12.0 Å². The van der Waals surface area contributed by atoms with E-state index < -0.39 is 0 Å². The van der Waals surface area contributed by atoms with E-state index in [2.05, 4.69) is 37.9 Å². The molecule has 0 aliphatic carbocycles. The summed E-state index contributed by atoms with van der Waals surface area (Å²) >= 11 is 0. The molecule has 1 aliphatic heterocycles. The summed E-state index contributed by atoms with van der Waals surface area (Å²) in [5.41, 5.74) is 1.37. The third kappa shape index (κ3) is 3.83. The lowest BCUT2D eigenvalue weighted by Crippen LogP contribution is -2.63. The summed E-state index contributed by atoms with van der Waals surface area (Å²) in [6.45, 7) is 12.2. The van der Waals surface area contributed by atoms with Gasteiger partial charge >= 0.3 is 0 Å². The van der Waals surface area contributed by atoms with Crippen LogP contribution in [0.4, 0.5) is 4.39 Å². The van der Waals surface area contributed by atoms with Gasteiger partial charge in [-0.05, 0) is 37.0 Å². The van der Waals surface area contributed by atoms with Crippen molar-refractivity contribution in [1.29, 1.82) is 0 Å². The van der Waals surface area contributed by atoms with Crippen molar-refractivity contribution >= 4 is 0 Å². The molecule has 1 aromatic rings. The average molecular weight is 292 g/mol. The lowest BCUT2D eigenvalue weighted by Gasteiger charge is -2.49. The van der Waals surface area contributed by atoms with Gasteiger partial charge in [-0.1, -0.05) is 39.3 Å². The minimum Gasteiger partial charge on any atom is -0.311 e. The van der Waals surface area contributed by atoms with E-state index in [4.69, 9.17) is 0 Å². The molecule has 1 aliphatic rings. The third-order valence-electron chi connectivity index (χ3n) is 5.30. The van der Waals surface area contributed by atoms with Crippen LogP contribution in [0.25, 0.3) is 0 Å². The van der Waals surface area contributed by atoms with Crippen LogP contribution >= 0.6 is 0 Å². The fourth-order valence-corrected chi connectivity index (χ4v) is 3.07. The number of hydrogen-bond acceptors (Lipinski definition) is 2. The molecule has 2 rings (SSSR count). The second-order valence-corrected chi connectivity index (χ2v) is 6.73. The number of rotatable bonds is 5. The molecular weight excluding hydrogens is 263 g/mol. The molecule has 21 heavy (non-hydrogen) atoms. The lowest BCUT2D eigenvalue weighted by molar-refractivity contribution is 0.0294. The number of nitrogens with zero attached hydrogens (tertiary/aromatic N) is 1. The van der Waals surface area contributed by atoms with Gasteiger partial charge in [-0.2, -0.15) is 0 Å². The number of benzene rings is 1. The van der Waals surface area contributed by atoms with Crippen LogP contribution in [0.5, 0.6) is 0 Å². The van der Waals surface area contributed by atoms with Crippen LogP contribution in [0.1, 0.15) is 46.1 Å². The minimum absolute atomic E-state index is 0.158. The molecule has 3 atom stereocenters. The molecule has 1 saturated heterocycles. The standard InChI is InChI=1S/C18H29FN2/c1-5-14(3)17-12-21(18(4,6-2)13-20-17)11-15-7-9-16(19)10-8-15/h7-10,14,17,20H,5-6,11-13H2,1-4H3. The Morgan fingerprint density at radius 3 is 2.57 bits per heavy atom. The highest BCUT2D eigenvalue weighted by Gasteiger charge is 2.37. The Kier molecular flexibility index (Phi) is 5.39. The van der Waals surface area contributed by atoms with Crippen molar-refractivity contribution in [3.8, 4) is 0 Å². The van der Waals surface area contributed by atoms with Gasteiger partial charge < -0.3 is 5.32 Å². The van der Waals surface area contributed by atoms with E-state index in [1.807, 2.05) is 12.1 Å². The van der Waals surface area contributed by atoms with Crippen molar-refractivity contribution in [2.75, 3.05) is 13.1 Å². The maximum atomic E-state index is 13.1. The Morgan fingerprint density at radius 1 is 1.33 bits per heavy atom. The van der Waals surface area contributed by atoms with Crippen molar-refractivity contribution in [3.63, 3.8) is 0 Å². The smallest absolute Gasteiger partial charge is 0.123 e. The van der Waals surface area contributed by atoms with E-state index in [-0.39, 0.29) is 11.4 Å². The predicted octanol–water partition coefficient (Wildman–Crippen LogP) is 3.81. The molecule has 3 heteroatoms. The zero-order chi connectivity index (χ0) is 15.5. The Labute approximate surface area is 128 Å². The van der Waals surface area contributed by atoms with E-state index in [1.54, 1.807) is 12.1 Å². The van der Waals surface area contributed by atoms with Crippen LogP contribution < -0.4 is 5.32 Å². The van der Waals surface area contributed by atoms with Gasteiger partial charge in [0, 0.05) is 31.2 Å². The maximum Gasteiger partial charge on any atom is 0.123 e. The zero-order valence-electron chi connectivity index (χ0n) is 13.8. The summed E-state index contributed by atoms with van der Waals surface area (Å²) in [5.74, 6) is 0.525. The van der Waals surface area contributed by atoms with Gasteiger partial charge in [-0.3, -0.25) is 4.90 Å². The highest BCUT2D eigenvalue weighted by molar-refractivity contribution is 5.17. The van der Waals surface area contributed by atoms with E-state index in [0.717, 1.165) is 26.1 Å². The number of hydrogen-bond donors (Lipinski definition) is 1. The number of halogens is 1. The highest BCUT2D eigenvalue weighted by Crippen LogP contribution is 2.27. The Balaban J connectivity index is 2.12. The van der Waals surface area contributed by atoms with Gasteiger partial charge in [0.05, 0.1) is 0 Å². The van der Waals surface area contributed by atoms with Crippen LogP contribution in [0.2, 0.25) is 0 Å². The molecule has 0 amide bonds.